The normalized spacial score (nSPS) is 34.5. The van der Waals surface area contributed by atoms with Crippen molar-refractivity contribution < 1.29 is 24.2 Å². The van der Waals surface area contributed by atoms with Gasteiger partial charge < -0.3 is 19.9 Å². The zero-order valence-corrected chi connectivity index (χ0v) is 11.9. The number of rotatable bonds is 4. The van der Waals surface area contributed by atoms with Gasteiger partial charge in [0.15, 0.2) is 6.10 Å². The van der Waals surface area contributed by atoms with Crippen LogP contribution in [0.1, 0.15) is 32.6 Å². The van der Waals surface area contributed by atoms with Crippen LogP contribution in [0, 0.1) is 11.3 Å². The summed E-state index contributed by atoms with van der Waals surface area (Å²) in [7, 11) is 0. The zero-order chi connectivity index (χ0) is 14.6. The van der Waals surface area contributed by atoms with E-state index in [-0.39, 0.29) is 19.1 Å². The molecule has 6 heteroatoms. The number of hydrogen-bond acceptors (Lipinski definition) is 4. The summed E-state index contributed by atoms with van der Waals surface area (Å²) in [5, 5.41) is 12.2. The van der Waals surface area contributed by atoms with E-state index in [1.54, 1.807) is 0 Å². The Bertz CT molecular complexity index is 357. The number of carboxylic acid groups (broad SMARTS) is 1. The molecule has 1 saturated carbocycles. The Kier molecular flexibility index (Phi) is 4.99. The van der Waals surface area contributed by atoms with Gasteiger partial charge in [-0.3, -0.25) is 9.59 Å². The van der Waals surface area contributed by atoms with Gasteiger partial charge in [0.25, 0.3) is 5.91 Å². The molecule has 2 N–H and O–H groups in total. The molecule has 1 amide bonds. The van der Waals surface area contributed by atoms with Gasteiger partial charge in [-0.1, -0.05) is 6.92 Å². The van der Waals surface area contributed by atoms with Gasteiger partial charge in [0.2, 0.25) is 0 Å². The number of carbonyl (C=O) groups excluding carboxylic acids is 1. The van der Waals surface area contributed by atoms with Crippen molar-refractivity contribution in [3.05, 3.63) is 0 Å². The first-order valence-electron chi connectivity index (χ1n) is 7.24. The molecule has 2 aliphatic rings. The van der Waals surface area contributed by atoms with Crippen LogP contribution in [0.2, 0.25) is 0 Å². The Morgan fingerprint density at radius 3 is 2.55 bits per heavy atom. The van der Waals surface area contributed by atoms with Crippen LogP contribution in [0.4, 0.5) is 0 Å². The van der Waals surface area contributed by atoms with Gasteiger partial charge >= 0.3 is 5.97 Å². The molecule has 2 fully saturated rings. The van der Waals surface area contributed by atoms with Crippen LogP contribution < -0.4 is 5.32 Å². The summed E-state index contributed by atoms with van der Waals surface area (Å²) in [6, 6.07) is 0. The number of ether oxygens (including phenoxy) is 2. The summed E-state index contributed by atoms with van der Waals surface area (Å²) < 4.78 is 10.5. The van der Waals surface area contributed by atoms with E-state index < -0.39 is 17.5 Å². The molecular weight excluding hydrogens is 262 g/mol. The molecule has 0 aromatic heterocycles. The predicted octanol–water partition coefficient (Wildman–Crippen LogP) is 0.799. The third-order valence-electron chi connectivity index (χ3n) is 4.39. The molecule has 0 spiro atoms. The molecule has 1 unspecified atom stereocenters. The first-order chi connectivity index (χ1) is 9.53. The summed E-state index contributed by atoms with van der Waals surface area (Å²) in [6.45, 7) is 3.45. The van der Waals surface area contributed by atoms with Crippen molar-refractivity contribution in [1.29, 1.82) is 0 Å². The van der Waals surface area contributed by atoms with E-state index in [4.69, 9.17) is 9.47 Å². The quantitative estimate of drug-likeness (QED) is 0.798. The van der Waals surface area contributed by atoms with Crippen molar-refractivity contribution in [2.24, 2.45) is 11.3 Å². The SMILES string of the molecule is CC1CCC(CNC(=O)C2COCCO2)(C(=O)O)CC1. The molecule has 1 aliphatic carbocycles. The van der Waals surface area contributed by atoms with Crippen molar-refractivity contribution in [2.45, 2.75) is 38.7 Å². The topological polar surface area (TPSA) is 84.9 Å². The van der Waals surface area contributed by atoms with Gasteiger partial charge in [-0.25, -0.2) is 0 Å². The van der Waals surface area contributed by atoms with Gasteiger partial charge in [-0.2, -0.15) is 0 Å². The monoisotopic (exact) mass is 285 g/mol. The summed E-state index contributed by atoms with van der Waals surface area (Å²) in [6.07, 6.45) is 2.41. The highest BCUT2D eigenvalue weighted by molar-refractivity contribution is 5.82. The van der Waals surface area contributed by atoms with E-state index in [0.29, 0.717) is 32.0 Å². The van der Waals surface area contributed by atoms with E-state index in [2.05, 4.69) is 12.2 Å². The molecule has 1 aliphatic heterocycles. The Balaban J connectivity index is 1.89. The van der Waals surface area contributed by atoms with Crippen molar-refractivity contribution in [3.63, 3.8) is 0 Å². The van der Waals surface area contributed by atoms with Crippen LogP contribution in [0.3, 0.4) is 0 Å². The third-order valence-corrected chi connectivity index (χ3v) is 4.39. The van der Waals surface area contributed by atoms with Gasteiger partial charge in [-0.15, -0.1) is 0 Å². The minimum Gasteiger partial charge on any atom is -0.481 e. The molecule has 114 valence electrons. The largest absolute Gasteiger partial charge is 0.481 e. The second kappa shape index (κ2) is 6.54. The Morgan fingerprint density at radius 2 is 2.00 bits per heavy atom. The Labute approximate surface area is 118 Å². The molecule has 1 heterocycles. The highest BCUT2D eigenvalue weighted by Crippen LogP contribution is 2.38. The number of carboxylic acids is 1. The van der Waals surface area contributed by atoms with Gasteiger partial charge in [0.1, 0.15) is 0 Å². The van der Waals surface area contributed by atoms with E-state index in [1.165, 1.54) is 0 Å². The first-order valence-corrected chi connectivity index (χ1v) is 7.24. The lowest BCUT2D eigenvalue weighted by Gasteiger charge is -2.36. The van der Waals surface area contributed by atoms with E-state index in [0.717, 1.165) is 12.8 Å². The average Bonchev–Trinajstić information content (AvgIpc) is 2.47. The fraction of sp³-hybridized carbons (Fsp3) is 0.857. The van der Waals surface area contributed by atoms with E-state index in [9.17, 15) is 14.7 Å². The summed E-state index contributed by atoms with van der Waals surface area (Å²) in [5.74, 6) is -0.525. The lowest BCUT2D eigenvalue weighted by Crippen LogP contribution is -2.49. The maximum atomic E-state index is 12.0. The molecule has 0 bridgehead atoms. The molecule has 0 aromatic carbocycles. The Hall–Kier alpha value is -1.14. The Morgan fingerprint density at radius 1 is 1.30 bits per heavy atom. The molecule has 6 nitrogen and oxygen atoms in total. The first kappa shape index (κ1) is 15.3. The molecule has 20 heavy (non-hydrogen) atoms. The van der Waals surface area contributed by atoms with E-state index >= 15 is 0 Å². The third kappa shape index (κ3) is 3.49. The summed E-state index contributed by atoms with van der Waals surface area (Å²) >= 11 is 0. The fourth-order valence-electron chi connectivity index (χ4n) is 2.79. The molecule has 1 saturated heterocycles. The molecule has 0 aromatic rings. The molecule has 0 radical (unpaired) electrons. The van der Waals surface area contributed by atoms with Crippen LogP contribution in [0.5, 0.6) is 0 Å². The highest BCUT2D eigenvalue weighted by Gasteiger charge is 2.41. The number of hydrogen-bond donors (Lipinski definition) is 2. The van der Waals surface area contributed by atoms with Crippen molar-refractivity contribution in [1.82, 2.24) is 5.32 Å². The number of amides is 1. The van der Waals surface area contributed by atoms with Crippen LogP contribution in [-0.4, -0.2) is 49.5 Å². The smallest absolute Gasteiger partial charge is 0.311 e. The summed E-state index contributed by atoms with van der Waals surface area (Å²) in [5.41, 5.74) is -0.822. The summed E-state index contributed by atoms with van der Waals surface area (Å²) in [4.78, 5) is 23.5. The lowest BCUT2D eigenvalue weighted by atomic mass is 9.71. The minimum atomic E-state index is -0.822. The van der Waals surface area contributed by atoms with Gasteiger partial charge in [0.05, 0.1) is 25.2 Å². The fourth-order valence-corrected chi connectivity index (χ4v) is 2.79. The maximum Gasteiger partial charge on any atom is 0.311 e. The second-order valence-corrected chi connectivity index (χ2v) is 5.92. The average molecular weight is 285 g/mol. The molecule has 2 rings (SSSR count). The standard InChI is InChI=1S/C14H23NO5/c1-10-2-4-14(5-3-10,13(17)18)9-15-12(16)11-8-19-6-7-20-11/h10-11H,2-9H2,1H3,(H,15,16)(H,17,18). The van der Waals surface area contributed by atoms with Crippen LogP contribution >= 0.6 is 0 Å². The minimum absolute atomic E-state index is 0.174. The molecular formula is C14H23NO5. The number of nitrogens with one attached hydrogen (secondary N) is 1. The number of aliphatic carboxylic acids is 1. The van der Waals surface area contributed by atoms with Gasteiger partial charge in [-0.05, 0) is 31.6 Å². The van der Waals surface area contributed by atoms with Crippen LogP contribution in [0.15, 0.2) is 0 Å². The van der Waals surface area contributed by atoms with Crippen LogP contribution in [-0.2, 0) is 19.1 Å². The van der Waals surface area contributed by atoms with E-state index in [1.807, 2.05) is 0 Å². The van der Waals surface area contributed by atoms with Crippen molar-refractivity contribution >= 4 is 11.9 Å². The highest BCUT2D eigenvalue weighted by atomic mass is 16.6. The van der Waals surface area contributed by atoms with Crippen molar-refractivity contribution in [3.8, 4) is 0 Å². The second-order valence-electron chi connectivity index (χ2n) is 5.92. The maximum absolute atomic E-state index is 12.0. The van der Waals surface area contributed by atoms with Gasteiger partial charge in [0, 0.05) is 6.54 Å². The number of carbonyl (C=O) groups is 2. The predicted molar refractivity (Wildman–Crippen MR) is 71.3 cm³/mol. The zero-order valence-electron chi connectivity index (χ0n) is 11.9. The lowest BCUT2D eigenvalue weighted by molar-refractivity contribution is -0.153. The van der Waals surface area contributed by atoms with Crippen LogP contribution in [0.25, 0.3) is 0 Å². The molecule has 1 atom stereocenters. The van der Waals surface area contributed by atoms with Crippen molar-refractivity contribution in [2.75, 3.05) is 26.4 Å².